The first-order chi connectivity index (χ1) is 9.86. The quantitative estimate of drug-likeness (QED) is 0.917. The van der Waals surface area contributed by atoms with Gasteiger partial charge in [-0.15, -0.1) is 0 Å². The van der Waals surface area contributed by atoms with Gasteiger partial charge >= 0.3 is 0 Å². The summed E-state index contributed by atoms with van der Waals surface area (Å²) < 4.78 is 6.32. The van der Waals surface area contributed by atoms with Crippen LogP contribution in [0.15, 0.2) is 24.4 Å². The van der Waals surface area contributed by atoms with Crippen LogP contribution in [0.1, 0.15) is 56.6 Å². The molecule has 20 heavy (non-hydrogen) atoms. The van der Waals surface area contributed by atoms with Crippen LogP contribution >= 0.6 is 0 Å². The van der Waals surface area contributed by atoms with Crippen LogP contribution in [-0.2, 0) is 4.74 Å². The summed E-state index contributed by atoms with van der Waals surface area (Å²) in [6.07, 6.45) is 10.5. The second-order valence-electron chi connectivity index (χ2n) is 6.31. The lowest BCUT2D eigenvalue weighted by atomic mass is 9.70. The summed E-state index contributed by atoms with van der Waals surface area (Å²) >= 11 is 0. The van der Waals surface area contributed by atoms with Gasteiger partial charge in [0.15, 0.2) is 0 Å². The molecular formula is C17H26N2O. The van der Waals surface area contributed by atoms with Crippen molar-refractivity contribution in [3.05, 3.63) is 30.1 Å². The van der Waals surface area contributed by atoms with Gasteiger partial charge in [0, 0.05) is 24.4 Å². The van der Waals surface area contributed by atoms with Crippen LogP contribution in [0.3, 0.4) is 0 Å². The molecule has 0 amide bonds. The second-order valence-corrected chi connectivity index (χ2v) is 6.31. The first-order valence-electron chi connectivity index (χ1n) is 8.11. The maximum atomic E-state index is 6.32. The number of nitrogens with zero attached hydrogens (tertiary/aromatic N) is 1. The molecule has 1 aliphatic heterocycles. The van der Waals surface area contributed by atoms with Crippen molar-refractivity contribution >= 4 is 0 Å². The molecule has 2 unspecified atom stereocenters. The van der Waals surface area contributed by atoms with Crippen molar-refractivity contribution in [3.63, 3.8) is 0 Å². The zero-order valence-corrected chi connectivity index (χ0v) is 12.3. The highest BCUT2D eigenvalue weighted by atomic mass is 16.5. The predicted molar refractivity (Wildman–Crippen MR) is 80.5 cm³/mol. The third kappa shape index (κ3) is 2.61. The van der Waals surface area contributed by atoms with Crippen molar-refractivity contribution in [2.45, 2.75) is 56.5 Å². The number of hydrogen-bond acceptors (Lipinski definition) is 3. The zero-order valence-electron chi connectivity index (χ0n) is 12.3. The van der Waals surface area contributed by atoms with E-state index in [1.807, 2.05) is 12.3 Å². The van der Waals surface area contributed by atoms with Crippen LogP contribution in [0.5, 0.6) is 0 Å². The first kappa shape index (κ1) is 14.0. The van der Waals surface area contributed by atoms with E-state index in [0.29, 0.717) is 11.8 Å². The van der Waals surface area contributed by atoms with Gasteiger partial charge in [-0.3, -0.25) is 4.98 Å². The Morgan fingerprint density at radius 1 is 1.30 bits per heavy atom. The number of rotatable bonds is 4. The minimum atomic E-state index is 0.121. The highest BCUT2D eigenvalue weighted by Crippen LogP contribution is 2.50. The number of nitrogens with two attached hydrogens (primary N) is 1. The Labute approximate surface area is 121 Å². The van der Waals surface area contributed by atoms with Crippen LogP contribution in [0.4, 0.5) is 0 Å². The Morgan fingerprint density at radius 3 is 2.85 bits per heavy atom. The minimum absolute atomic E-state index is 0.121. The molecule has 1 aromatic heterocycles. The molecule has 3 nitrogen and oxygen atoms in total. The molecular weight excluding hydrogens is 248 g/mol. The molecule has 2 heterocycles. The van der Waals surface area contributed by atoms with Crippen molar-refractivity contribution in [2.24, 2.45) is 11.7 Å². The molecule has 0 aromatic carbocycles. The lowest BCUT2D eigenvalue weighted by Crippen LogP contribution is -2.45. The van der Waals surface area contributed by atoms with E-state index < -0.39 is 0 Å². The van der Waals surface area contributed by atoms with Gasteiger partial charge in [0.25, 0.3) is 0 Å². The number of hydrogen-bond donors (Lipinski definition) is 1. The van der Waals surface area contributed by atoms with Gasteiger partial charge in [-0.1, -0.05) is 18.9 Å². The van der Waals surface area contributed by atoms with Crippen LogP contribution in [0.25, 0.3) is 0 Å². The topological polar surface area (TPSA) is 48.1 Å². The molecule has 1 saturated heterocycles. The molecule has 110 valence electrons. The molecule has 1 spiro atoms. The van der Waals surface area contributed by atoms with Crippen LogP contribution in [0, 0.1) is 5.92 Å². The third-order valence-electron chi connectivity index (χ3n) is 5.21. The molecule has 0 radical (unpaired) electrons. The molecule has 1 aromatic rings. The molecule has 1 saturated carbocycles. The summed E-state index contributed by atoms with van der Waals surface area (Å²) in [6, 6.07) is 6.25. The van der Waals surface area contributed by atoms with E-state index in [0.717, 1.165) is 19.6 Å². The van der Waals surface area contributed by atoms with Gasteiger partial charge < -0.3 is 10.5 Å². The van der Waals surface area contributed by atoms with Gasteiger partial charge in [0.05, 0.1) is 5.60 Å². The van der Waals surface area contributed by atoms with Gasteiger partial charge in [-0.2, -0.15) is 0 Å². The molecule has 1 aliphatic carbocycles. The summed E-state index contributed by atoms with van der Waals surface area (Å²) in [7, 11) is 0. The summed E-state index contributed by atoms with van der Waals surface area (Å²) in [5.74, 6) is 1.05. The maximum Gasteiger partial charge on any atom is 0.0717 e. The van der Waals surface area contributed by atoms with Crippen LogP contribution in [0.2, 0.25) is 0 Å². The largest absolute Gasteiger partial charge is 0.375 e. The van der Waals surface area contributed by atoms with Gasteiger partial charge in [-0.25, -0.2) is 0 Å². The molecule has 3 heteroatoms. The molecule has 2 atom stereocenters. The summed E-state index contributed by atoms with van der Waals surface area (Å²) in [5.41, 5.74) is 7.22. The Morgan fingerprint density at radius 2 is 2.15 bits per heavy atom. The Balaban J connectivity index is 1.89. The smallest absolute Gasteiger partial charge is 0.0717 e. The van der Waals surface area contributed by atoms with E-state index in [1.54, 1.807) is 0 Å². The van der Waals surface area contributed by atoms with E-state index in [4.69, 9.17) is 10.5 Å². The van der Waals surface area contributed by atoms with Crippen molar-refractivity contribution in [1.29, 1.82) is 0 Å². The molecule has 0 bridgehead atoms. The van der Waals surface area contributed by atoms with E-state index in [2.05, 4.69) is 17.1 Å². The van der Waals surface area contributed by atoms with Gasteiger partial charge in [0.1, 0.15) is 0 Å². The Hall–Kier alpha value is -0.930. The van der Waals surface area contributed by atoms with Crippen molar-refractivity contribution in [1.82, 2.24) is 4.98 Å². The highest BCUT2D eigenvalue weighted by Gasteiger charge is 2.47. The first-order valence-corrected chi connectivity index (χ1v) is 8.11. The van der Waals surface area contributed by atoms with E-state index in [9.17, 15) is 0 Å². The van der Waals surface area contributed by atoms with Crippen LogP contribution in [-0.4, -0.2) is 23.7 Å². The Kier molecular flexibility index (Phi) is 4.37. The summed E-state index contributed by atoms with van der Waals surface area (Å²) in [5, 5.41) is 0. The number of pyridine rings is 1. The SMILES string of the molecule is NCCC(c1ccccn1)C1CCCOC12CCCC2. The Bertz CT molecular complexity index is 414. The fourth-order valence-electron chi connectivity index (χ4n) is 4.34. The second kappa shape index (κ2) is 6.23. The van der Waals surface area contributed by atoms with Crippen molar-refractivity contribution < 1.29 is 4.74 Å². The maximum absolute atomic E-state index is 6.32. The van der Waals surface area contributed by atoms with Crippen molar-refractivity contribution in [3.8, 4) is 0 Å². The minimum Gasteiger partial charge on any atom is -0.375 e. The molecule has 2 N–H and O–H groups in total. The third-order valence-corrected chi connectivity index (χ3v) is 5.21. The van der Waals surface area contributed by atoms with Crippen LogP contribution < -0.4 is 5.73 Å². The lowest BCUT2D eigenvalue weighted by Gasteiger charge is -2.45. The average Bonchev–Trinajstić information content (AvgIpc) is 2.96. The molecule has 2 aliphatic rings. The normalized spacial score (nSPS) is 26.8. The van der Waals surface area contributed by atoms with E-state index >= 15 is 0 Å². The fraction of sp³-hybridized carbons (Fsp3) is 0.706. The molecule has 3 rings (SSSR count). The predicted octanol–water partition coefficient (Wildman–Crippen LogP) is 3.25. The van der Waals surface area contributed by atoms with Crippen molar-refractivity contribution in [2.75, 3.05) is 13.2 Å². The van der Waals surface area contributed by atoms with Gasteiger partial charge in [-0.05, 0) is 56.7 Å². The fourth-order valence-corrected chi connectivity index (χ4v) is 4.34. The number of ether oxygens (including phenoxy) is 1. The lowest BCUT2D eigenvalue weighted by molar-refractivity contribution is -0.122. The zero-order chi connectivity index (χ0) is 13.8. The molecule has 2 fully saturated rings. The standard InChI is InChI=1S/C17H26N2O/c18-11-8-14(16-7-1-4-12-19-16)15-6-5-13-20-17(15)9-2-3-10-17/h1,4,7,12,14-15H,2-3,5-6,8-11,13,18H2. The highest BCUT2D eigenvalue weighted by molar-refractivity contribution is 5.14. The van der Waals surface area contributed by atoms with E-state index in [1.165, 1.54) is 44.2 Å². The average molecular weight is 274 g/mol. The summed E-state index contributed by atoms with van der Waals surface area (Å²) in [6.45, 7) is 1.67. The van der Waals surface area contributed by atoms with Gasteiger partial charge in [0.2, 0.25) is 0 Å². The summed E-state index contributed by atoms with van der Waals surface area (Å²) in [4.78, 5) is 4.62. The monoisotopic (exact) mass is 274 g/mol. The number of aromatic nitrogens is 1. The van der Waals surface area contributed by atoms with E-state index in [-0.39, 0.29) is 5.60 Å².